The monoisotopic (exact) mass is 532 g/mol. The molecule has 11 nitrogen and oxygen atoms in total. The van der Waals surface area contributed by atoms with Gasteiger partial charge in [0.15, 0.2) is 6.10 Å². The number of aliphatic hydroxyl groups is 1. The molecule has 3 rings (SSSR count). The number of primary amides is 1. The van der Waals surface area contributed by atoms with Gasteiger partial charge in [0.05, 0.1) is 17.6 Å². The maximum atomic E-state index is 13.8. The van der Waals surface area contributed by atoms with Crippen LogP contribution in [0.4, 0.5) is 10.1 Å². The highest BCUT2D eigenvalue weighted by molar-refractivity contribution is 6.35. The van der Waals surface area contributed by atoms with Crippen molar-refractivity contribution in [2.75, 3.05) is 25.0 Å². The summed E-state index contributed by atoms with van der Waals surface area (Å²) in [5, 5.41) is 26.9. The predicted octanol–water partition coefficient (Wildman–Crippen LogP) is 2.08. The molecule has 0 saturated carbocycles. The maximum absolute atomic E-state index is 13.8. The third-order valence-electron chi connectivity index (χ3n) is 6.30. The van der Waals surface area contributed by atoms with Gasteiger partial charge in [0.2, 0.25) is 0 Å². The van der Waals surface area contributed by atoms with E-state index in [4.69, 9.17) is 21.1 Å². The van der Waals surface area contributed by atoms with Crippen molar-refractivity contribution in [1.29, 1.82) is 0 Å². The second kappa shape index (κ2) is 13.0. The van der Waals surface area contributed by atoms with Crippen LogP contribution in [-0.2, 0) is 20.9 Å². The molecule has 1 aliphatic heterocycles. The molecule has 0 radical (unpaired) electrons. The van der Waals surface area contributed by atoms with Crippen molar-refractivity contribution in [2.45, 2.75) is 46.8 Å². The zero-order chi connectivity index (χ0) is 28.7. The summed E-state index contributed by atoms with van der Waals surface area (Å²) in [6.07, 6.45) is -0.810. The van der Waals surface area contributed by atoms with E-state index in [9.17, 15) is 23.6 Å². The summed E-state index contributed by atoms with van der Waals surface area (Å²) in [7, 11) is 0. The highest BCUT2D eigenvalue weighted by atomic mass is 19.1. The minimum Gasteiger partial charge on any atom is -0.481 e. The Morgan fingerprint density at radius 3 is 2.32 bits per heavy atom. The zero-order valence-corrected chi connectivity index (χ0v) is 21.7. The highest BCUT2D eigenvalue weighted by Crippen LogP contribution is 2.35. The van der Waals surface area contributed by atoms with Gasteiger partial charge in [-0.1, -0.05) is 13.8 Å². The van der Waals surface area contributed by atoms with Gasteiger partial charge in [-0.2, -0.15) is 0 Å². The molecule has 0 aliphatic carbocycles. The molecule has 1 atom stereocenters. The van der Waals surface area contributed by atoms with Crippen molar-refractivity contribution in [2.24, 2.45) is 5.73 Å². The number of aliphatic hydroxyl groups excluding tert-OH is 1. The molecule has 2 amide bonds. The molecule has 206 valence electrons. The van der Waals surface area contributed by atoms with Crippen LogP contribution >= 0.6 is 0 Å². The molecule has 0 spiro atoms. The lowest BCUT2D eigenvalue weighted by Gasteiger charge is -2.20. The fraction of sp³-hybridized carbons (Fsp3) is 0.385. The van der Waals surface area contributed by atoms with Crippen LogP contribution in [0.5, 0.6) is 0 Å². The molecule has 12 heteroatoms. The van der Waals surface area contributed by atoms with Crippen molar-refractivity contribution in [3.63, 3.8) is 0 Å². The van der Waals surface area contributed by atoms with Crippen LogP contribution in [-0.4, -0.2) is 74.3 Å². The second-order valence-electron chi connectivity index (χ2n) is 8.67. The number of aromatic nitrogens is 1. The molecule has 1 unspecified atom stereocenters. The van der Waals surface area contributed by atoms with Crippen LogP contribution in [0.3, 0.4) is 0 Å². The smallest absolute Gasteiger partial charge is 0.333 e. The standard InChI is InChI=1S/C22H27FN4O2.C4H6O5/c1-5-26(6-2)9-10-27-14(4)20(21(24)28)13(3)19(27)12-17-16-11-15(23)7-8-18(16)25-22(17)29;5-2(4(8)9)1-3(6)7/h7-8,11-12H,5-6,9-10H2,1-4H3,(H2,24,28)(H,25,29);2,5H,1H2,(H,6,7)(H,8,9)/b17-12-;. The van der Waals surface area contributed by atoms with E-state index in [1.807, 2.05) is 18.4 Å². The molecule has 0 bridgehead atoms. The molecule has 1 aromatic carbocycles. The number of aliphatic carboxylic acids is 2. The summed E-state index contributed by atoms with van der Waals surface area (Å²) < 4.78 is 15.8. The number of fused-ring (bicyclic) bond motifs is 1. The number of anilines is 1. The third kappa shape index (κ3) is 7.05. The molecule has 1 aromatic heterocycles. The van der Waals surface area contributed by atoms with Gasteiger partial charge < -0.3 is 35.8 Å². The molecule has 38 heavy (non-hydrogen) atoms. The lowest BCUT2D eigenvalue weighted by Crippen LogP contribution is -2.27. The van der Waals surface area contributed by atoms with Gasteiger partial charge in [0, 0.05) is 35.7 Å². The van der Waals surface area contributed by atoms with Crippen molar-refractivity contribution < 1.29 is 38.9 Å². The Morgan fingerprint density at radius 1 is 1.18 bits per heavy atom. The number of nitrogens with one attached hydrogen (secondary N) is 1. The number of halogens is 1. The molecule has 6 N–H and O–H groups in total. The maximum Gasteiger partial charge on any atom is 0.333 e. The van der Waals surface area contributed by atoms with E-state index in [0.29, 0.717) is 28.9 Å². The summed E-state index contributed by atoms with van der Waals surface area (Å²) in [4.78, 5) is 46.3. The van der Waals surface area contributed by atoms with Crippen molar-refractivity contribution in [1.82, 2.24) is 9.47 Å². The van der Waals surface area contributed by atoms with E-state index in [1.54, 1.807) is 12.1 Å². The van der Waals surface area contributed by atoms with E-state index < -0.39 is 36.2 Å². The Kier molecular flexibility index (Phi) is 10.3. The van der Waals surface area contributed by atoms with Gasteiger partial charge in [-0.15, -0.1) is 0 Å². The minimum absolute atomic E-state index is 0.292. The first-order chi connectivity index (χ1) is 17.8. The van der Waals surface area contributed by atoms with Crippen LogP contribution in [0.1, 0.15) is 53.1 Å². The molecule has 0 saturated heterocycles. The Labute approximate surface area is 219 Å². The van der Waals surface area contributed by atoms with Crippen LogP contribution in [0.25, 0.3) is 11.6 Å². The van der Waals surface area contributed by atoms with E-state index in [0.717, 1.165) is 36.6 Å². The predicted molar refractivity (Wildman–Crippen MR) is 139 cm³/mol. The van der Waals surface area contributed by atoms with E-state index >= 15 is 0 Å². The van der Waals surface area contributed by atoms with E-state index in [-0.39, 0.29) is 5.91 Å². The number of carboxylic acid groups (broad SMARTS) is 2. The Morgan fingerprint density at radius 2 is 1.82 bits per heavy atom. The van der Waals surface area contributed by atoms with Crippen LogP contribution in [0.2, 0.25) is 0 Å². The largest absolute Gasteiger partial charge is 0.481 e. The number of hydrogen-bond donors (Lipinski definition) is 5. The van der Waals surface area contributed by atoms with Gasteiger partial charge in [-0.25, -0.2) is 9.18 Å². The lowest BCUT2D eigenvalue weighted by molar-refractivity contribution is -0.152. The van der Waals surface area contributed by atoms with Crippen molar-refractivity contribution in [3.05, 3.63) is 52.1 Å². The van der Waals surface area contributed by atoms with E-state index in [1.165, 1.54) is 12.1 Å². The Hall–Kier alpha value is -4.03. The molecule has 1 aliphatic rings. The van der Waals surface area contributed by atoms with Gasteiger partial charge in [0.1, 0.15) is 5.82 Å². The van der Waals surface area contributed by atoms with Crippen LogP contribution in [0, 0.1) is 19.7 Å². The number of carboxylic acids is 2. The molecular formula is C26H33FN4O7. The van der Waals surface area contributed by atoms with Gasteiger partial charge >= 0.3 is 11.9 Å². The summed E-state index contributed by atoms with van der Waals surface area (Å²) in [5.74, 6) is -4.04. The molecule has 2 heterocycles. The van der Waals surface area contributed by atoms with Crippen molar-refractivity contribution >= 4 is 41.1 Å². The normalized spacial score (nSPS) is 14.1. The fourth-order valence-electron chi connectivity index (χ4n) is 4.23. The summed E-state index contributed by atoms with van der Waals surface area (Å²) in [6, 6.07) is 4.21. The summed E-state index contributed by atoms with van der Waals surface area (Å²) in [5.41, 5.74) is 9.80. The summed E-state index contributed by atoms with van der Waals surface area (Å²) in [6.45, 7) is 11.2. The van der Waals surface area contributed by atoms with E-state index in [2.05, 4.69) is 24.1 Å². The number of amides is 2. The quantitative estimate of drug-likeness (QED) is 0.289. The number of carbonyl (C=O) groups is 4. The van der Waals surface area contributed by atoms with Crippen molar-refractivity contribution in [3.8, 4) is 0 Å². The SMILES string of the molecule is CCN(CC)CCn1c(C)c(C(N)=O)c(C)c1/C=C1\C(=O)Nc2ccc(F)cc21.O=C(O)CC(O)C(=O)O. The number of nitrogens with two attached hydrogens (primary N) is 1. The minimum atomic E-state index is -1.79. The number of rotatable bonds is 10. The lowest BCUT2D eigenvalue weighted by atomic mass is 10.0. The second-order valence-corrected chi connectivity index (χ2v) is 8.67. The Bertz CT molecular complexity index is 1260. The average Bonchev–Trinajstić information content (AvgIpc) is 3.26. The molecule has 2 aromatic rings. The number of carbonyl (C=O) groups excluding carboxylic acids is 2. The van der Waals surface area contributed by atoms with Gasteiger partial charge in [-0.3, -0.25) is 14.4 Å². The third-order valence-corrected chi connectivity index (χ3v) is 6.30. The zero-order valence-electron chi connectivity index (χ0n) is 21.7. The average molecular weight is 533 g/mol. The Balaban J connectivity index is 0.000000484. The van der Waals surface area contributed by atoms with Gasteiger partial charge in [-0.05, 0) is 56.8 Å². The first-order valence-electron chi connectivity index (χ1n) is 12.0. The first kappa shape index (κ1) is 30.2. The van der Waals surface area contributed by atoms with Crippen LogP contribution in [0.15, 0.2) is 18.2 Å². The topological polar surface area (TPSA) is 175 Å². The number of hydrogen-bond acceptors (Lipinski definition) is 6. The van der Waals surface area contributed by atoms with Gasteiger partial charge in [0.25, 0.3) is 11.8 Å². The fourth-order valence-corrected chi connectivity index (χ4v) is 4.23. The highest BCUT2D eigenvalue weighted by Gasteiger charge is 2.27. The number of benzene rings is 1. The molecule has 0 fully saturated rings. The number of likely N-dealkylation sites (N-methyl/N-ethyl adjacent to an activating group) is 1. The number of nitrogens with zero attached hydrogens (tertiary/aromatic N) is 2. The van der Waals surface area contributed by atoms with Crippen LogP contribution < -0.4 is 11.1 Å². The summed E-state index contributed by atoms with van der Waals surface area (Å²) >= 11 is 0. The molecular weight excluding hydrogens is 499 g/mol. The first-order valence-corrected chi connectivity index (χ1v) is 12.0.